The maximum atomic E-state index is 12.2. The van der Waals surface area contributed by atoms with Crippen molar-refractivity contribution in [1.29, 1.82) is 0 Å². The minimum atomic E-state index is -1.48. The topological polar surface area (TPSA) is 50.6 Å². The van der Waals surface area contributed by atoms with Gasteiger partial charge in [-0.3, -0.25) is 4.68 Å². The number of amides is 1. The lowest BCUT2D eigenvalue weighted by Crippen LogP contribution is -2.54. The van der Waals surface area contributed by atoms with Crippen LogP contribution < -0.4 is 0 Å². The van der Waals surface area contributed by atoms with Gasteiger partial charge in [0.05, 0.1) is 36.2 Å². The van der Waals surface area contributed by atoms with E-state index in [-0.39, 0.29) is 18.1 Å². The Labute approximate surface area is 165 Å². The van der Waals surface area contributed by atoms with Crippen LogP contribution in [0.2, 0.25) is 5.11 Å². The maximum absolute atomic E-state index is 12.2. The Kier molecular flexibility index (Phi) is 5.08. The number of piperidine rings is 1. The van der Waals surface area contributed by atoms with Crippen LogP contribution in [0.15, 0.2) is 18.5 Å². The fourth-order valence-corrected chi connectivity index (χ4v) is 4.91. The highest BCUT2D eigenvalue weighted by atomic mass is 16.6. The van der Waals surface area contributed by atoms with Crippen LogP contribution in [0.5, 0.6) is 0 Å². The predicted molar refractivity (Wildman–Crippen MR) is 105 cm³/mol. The van der Waals surface area contributed by atoms with Crippen molar-refractivity contribution in [1.82, 2.24) is 19.6 Å². The Morgan fingerprint density at radius 1 is 1.19 bits per heavy atom. The summed E-state index contributed by atoms with van der Waals surface area (Å²) in [7, 11) is 16.4. The van der Waals surface area contributed by atoms with Gasteiger partial charge in [0.15, 0.2) is 0 Å². The maximum Gasteiger partial charge on any atom is 0.409 e. The number of rotatable bonds is 4. The molecule has 1 aliphatic carbocycles. The van der Waals surface area contributed by atoms with Gasteiger partial charge in [-0.05, 0) is 43.6 Å². The highest BCUT2D eigenvalue weighted by Gasteiger charge is 2.51. The zero-order valence-electron chi connectivity index (χ0n) is 15.8. The number of hydrogen-bond donors (Lipinski definition) is 0. The minimum Gasteiger partial charge on any atom is -0.451 e. The third kappa shape index (κ3) is 4.23. The van der Waals surface area contributed by atoms with E-state index in [4.69, 9.17) is 28.3 Å². The van der Waals surface area contributed by atoms with Crippen LogP contribution in [0.25, 0.3) is 0 Å². The molecule has 0 aromatic carbocycles. The Balaban J connectivity index is 1.21. The normalized spacial score (nSPS) is 29.8. The molecule has 3 aliphatic rings. The summed E-state index contributed by atoms with van der Waals surface area (Å²) in [5.41, 5.74) is 0.258. The van der Waals surface area contributed by atoms with Crippen molar-refractivity contribution >= 4 is 29.6 Å². The van der Waals surface area contributed by atoms with E-state index in [1.165, 1.54) is 0 Å². The number of carbonyl (C=O) groups is 1. The molecule has 0 atom stereocenters. The molecule has 4 rings (SSSR count). The summed E-state index contributed by atoms with van der Waals surface area (Å²) in [6, 6.07) is 3.17. The van der Waals surface area contributed by atoms with E-state index < -0.39 is 5.11 Å². The molecule has 1 amide bonds. The van der Waals surface area contributed by atoms with E-state index in [0.29, 0.717) is 12.1 Å². The molecule has 2 aliphatic heterocycles. The SMILES string of the molecule is [B]C([B])([B])COC(=O)N1CCC2(CC(N3CCC(n4cccn4)CC3)C2)C1. The van der Waals surface area contributed by atoms with Gasteiger partial charge in [0.1, 0.15) is 0 Å². The molecule has 6 radical (unpaired) electrons. The zero-order chi connectivity index (χ0) is 19.1. The predicted octanol–water partition coefficient (Wildman–Crippen LogP) is 1.09. The summed E-state index contributed by atoms with van der Waals surface area (Å²) in [6.07, 6.45) is 9.24. The fraction of sp³-hybridized carbons (Fsp3) is 0.778. The van der Waals surface area contributed by atoms with E-state index in [2.05, 4.69) is 20.9 Å². The first-order valence-corrected chi connectivity index (χ1v) is 9.85. The average molecular weight is 362 g/mol. The third-order valence-corrected chi connectivity index (χ3v) is 6.39. The van der Waals surface area contributed by atoms with Gasteiger partial charge in [0.2, 0.25) is 0 Å². The van der Waals surface area contributed by atoms with Crippen LogP contribution in [0.1, 0.15) is 38.1 Å². The van der Waals surface area contributed by atoms with Crippen molar-refractivity contribution < 1.29 is 9.53 Å². The molecule has 1 spiro atoms. The van der Waals surface area contributed by atoms with Gasteiger partial charge in [-0.15, -0.1) is 0 Å². The van der Waals surface area contributed by atoms with Crippen molar-refractivity contribution in [3.8, 4) is 0 Å². The van der Waals surface area contributed by atoms with E-state index in [1.54, 1.807) is 4.90 Å². The Hall–Kier alpha value is -1.37. The Morgan fingerprint density at radius 3 is 2.56 bits per heavy atom. The molecule has 27 heavy (non-hydrogen) atoms. The first kappa shape index (κ1) is 19.0. The lowest BCUT2D eigenvalue weighted by molar-refractivity contribution is -0.00906. The van der Waals surface area contributed by atoms with Crippen LogP contribution >= 0.6 is 0 Å². The number of nitrogens with zero attached hydrogens (tertiary/aromatic N) is 4. The number of likely N-dealkylation sites (tertiary alicyclic amines) is 2. The van der Waals surface area contributed by atoms with Gasteiger partial charge in [-0.2, -0.15) is 5.10 Å². The van der Waals surface area contributed by atoms with E-state index in [0.717, 1.165) is 58.3 Å². The average Bonchev–Trinajstić information content (AvgIpc) is 3.28. The van der Waals surface area contributed by atoms with Crippen LogP contribution in [-0.2, 0) is 4.74 Å². The first-order valence-electron chi connectivity index (χ1n) is 9.85. The molecule has 1 saturated carbocycles. The smallest absolute Gasteiger partial charge is 0.409 e. The van der Waals surface area contributed by atoms with Crippen LogP contribution in [0.4, 0.5) is 4.79 Å². The second kappa shape index (κ2) is 7.23. The van der Waals surface area contributed by atoms with Crippen molar-refractivity contribution in [2.45, 2.75) is 49.3 Å². The molecule has 9 heteroatoms. The van der Waals surface area contributed by atoms with Crippen LogP contribution in [0, 0.1) is 5.41 Å². The molecule has 0 bridgehead atoms. The van der Waals surface area contributed by atoms with Gasteiger partial charge in [-0.1, -0.05) is 5.11 Å². The first-order chi connectivity index (χ1) is 12.8. The van der Waals surface area contributed by atoms with Gasteiger partial charge in [-0.25, -0.2) is 4.79 Å². The molecule has 3 fully saturated rings. The third-order valence-electron chi connectivity index (χ3n) is 6.39. The Morgan fingerprint density at radius 2 is 1.93 bits per heavy atom. The summed E-state index contributed by atoms with van der Waals surface area (Å²) in [5.74, 6) is 0. The molecule has 0 N–H and O–H groups in total. The highest BCUT2D eigenvalue weighted by molar-refractivity contribution is 6.59. The van der Waals surface area contributed by atoms with Gasteiger partial charge < -0.3 is 14.5 Å². The molecule has 3 heterocycles. The summed E-state index contributed by atoms with van der Waals surface area (Å²) in [6.45, 7) is 3.58. The van der Waals surface area contributed by atoms with Crippen molar-refractivity contribution in [2.75, 3.05) is 32.8 Å². The second-order valence-corrected chi connectivity index (χ2v) is 8.65. The van der Waals surface area contributed by atoms with Gasteiger partial charge in [0, 0.05) is 44.6 Å². The van der Waals surface area contributed by atoms with Crippen LogP contribution in [0.3, 0.4) is 0 Å². The van der Waals surface area contributed by atoms with Crippen LogP contribution in [-0.4, -0.2) is 88.0 Å². The summed E-state index contributed by atoms with van der Waals surface area (Å²) in [4.78, 5) is 16.6. The van der Waals surface area contributed by atoms with Gasteiger partial charge in [0.25, 0.3) is 0 Å². The molecule has 138 valence electrons. The largest absolute Gasteiger partial charge is 0.451 e. The van der Waals surface area contributed by atoms with Gasteiger partial charge >= 0.3 is 6.09 Å². The number of hydrogen-bond acceptors (Lipinski definition) is 4. The van der Waals surface area contributed by atoms with E-state index >= 15 is 0 Å². The lowest BCUT2D eigenvalue weighted by Gasteiger charge is -2.51. The molecular formula is C18H25B3N4O2. The zero-order valence-corrected chi connectivity index (χ0v) is 15.8. The molecular weight excluding hydrogens is 337 g/mol. The van der Waals surface area contributed by atoms with E-state index in [1.807, 2.05) is 12.3 Å². The Bertz CT molecular complexity index is 650. The van der Waals surface area contributed by atoms with Crippen molar-refractivity contribution in [3.63, 3.8) is 0 Å². The van der Waals surface area contributed by atoms with Crippen molar-refractivity contribution in [3.05, 3.63) is 18.5 Å². The summed E-state index contributed by atoms with van der Waals surface area (Å²) in [5, 5.41) is 2.91. The highest BCUT2D eigenvalue weighted by Crippen LogP contribution is 2.50. The molecule has 2 saturated heterocycles. The minimum absolute atomic E-state index is 0.177. The lowest BCUT2D eigenvalue weighted by atomic mass is 9.43. The molecule has 1 aromatic rings. The summed E-state index contributed by atoms with van der Waals surface area (Å²) < 4.78 is 7.23. The standard InChI is InChI=1S/C18H25B3N4O2/c19-18(20,21)13-27-16(26)24-9-4-17(12-24)10-15(11-17)23-7-2-14(3-8-23)25-6-1-5-22-25/h1,5-6,14-15H,2-4,7-13H2. The molecule has 6 nitrogen and oxygen atoms in total. The number of aromatic nitrogens is 2. The summed E-state index contributed by atoms with van der Waals surface area (Å²) >= 11 is 0. The number of ether oxygens (including phenoxy) is 1. The van der Waals surface area contributed by atoms with Crippen molar-refractivity contribution in [2.24, 2.45) is 5.41 Å². The molecule has 1 aromatic heterocycles. The fourth-order valence-electron chi connectivity index (χ4n) is 4.91. The molecule has 0 unspecified atom stereocenters. The number of carbonyl (C=O) groups excluding carboxylic acids is 1. The quantitative estimate of drug-likeness (QED) is 0.753. The monoisotopic (exact) mass is 362 g/mol. The second-order valence-electron chi connectivity index (χ2n) is 8.65. The van der Waals surface area contributed by atoms with E-state index in [9.17, 15) is 4.79 Å².